The lowest BCUT2D eigenvalue weighted by molar-refractivity contribution is -0.140. The Hall–Kier alpha value is -1.59. The van der Waals surface area contributed by atoms with Crippen LogP contribution in [0.5, 0.6) is 5.75 Å². The molecule has 1 saturated carbocycles. The van der Waals surface area contributed by atoms with E-state index in [-0.39, 0.29) is 12.5 Å². The van der Waals surface area contributed by atoms with Crippen molar-refractivity contribution in [3.8, 4) is 5.75 Å². The predicted octanol–water partition coefficient (Wildman–Crippen LogP) is 2.03. The van der Waals surface area contributed by atoms with Crippen molar-refractivity contribution in [3.05, 3.63) is 29.8 Å². The van der Waals surface area contributed by atoms with E-state index in [1.54, 1.807) is 13.0 Å². The predicted molar refractivity (Wildman–Crippen MR) is 92.9 cm³/mol. The van der Waals surface area contributed by atoms with Gasteiger partial charge in [-0.1, -0.05) is 25.0 Å². The molecule has 1 aliphatic carbocycles. The van der Waals surface area contributed by atoms with Crippen molar-refractivity contribution >= 4 is 5.91 Å². The van der Waals surface area contributed by atoms with Crippen molar-refractivity contribution < 1.29 is 14.6 Å². The molecule has 132 valence electrons. The minimum Gasteiger partial charge on any atom is -0.481 e. The lowest BCUT2D eigenvalue weighted by Crippen LogP contribution is -2.53. The van der Waals surface area contributed by atoms with Gasteiger partial charge in [0.25, 0.3) is 5.91 Å². The van der Waals surface area contributed by atoms with Crippen LogP contribution < -0.4 is 4.74 Å². The highest BCUT2D eigenvalue weighted by molar-refractivity contribution is 5.81. The molecule has 5 nitrogen and oxygen atoms in total. The summed E-state index contributed by atoms with van der Waals surface area (Å²) in [5.41, 5.74) is 0.789. The zero-order valence-corrected chi connectivity index (χ0v) is 14.5. The maximum absolute atomic E-state index is 12.6. The third-order valence-electron chi connectivity index (χ3n) is 5.21. The van der Waals surface area contributed by atoms with Gasteiger partial charge in [0.2, 0.25) is 0 Å². The fraction of sp³-hybridized carbons (Fsp3) is 0.632. The second kappa shape index (κ2) is 7.99. The molecule has 1 N–H and O–H groups in total. The highest BCUT2D eigenvalue weighted by Crippen LogP contribution is 2.24. The van der Waals surface area contributed by atoms with Crippen molar-refractivity contribution in [1.82, 2.24) is 9.80 Å². The zero-order valence-electron chi connectivity index (χ0n) is 14.5. The molecule has 2 fully saturated rings. The van der Waals surface area contributed by atoms with E-state index in [4.69, 9.17) is 4.74 Å². The van der Waals surface area contributed by atoms with Gasteiger partial charge in [-0.25, -0.2) is 0 Å². The normalized spacial score (nSPS) is 21.0. The Morgan fingerprint density at radius 3 is 2.62 bits per heavy atom. The Morgan fingerprint density at radius 2 is 1.96 bits per heavy atom. The lowest BCUT2D eigenvalue weighted by Gasteiger charge is -2.38. The molecule has 1 unspecified atom stereocenters. The molecule has 1 heterocycles. The fourth-order valence-electron chi connectivity index (χ4n) is 3.81. The maximum Gasteiger partial charge on any atom is 0.263 e. The van der Waals surface area contributed by atoms with Crippen LogP contribution in [0, 0.1) is 0 Å². The summed E-state index contributed by atoms with van der Waals surface area (Å²) in [6.07, 6.45) is 4.82. The van der Waals surface area contributed by atoms with Crippen LogP contribution in [0.15, 0.2) is 24.3 Å². The molecule has 2 aliphatic rings. The van der Waals surface area contributed by atoms with Crippen LogP contribution in [0.3, 0.4) is 0 Å². The SMILES string of the molecule is CC(Oc1cccc(CO)c1)C(=O)N1CCN(C2CCCC2)CC1. The lowest BCUT2D eigenvalue weighted by atomic mass is 10.1. The molecule has 0 bridgehead atoms. The largest absolute Gasteiger partial charge is 0.481 e. The van der Waals surface area contributed by atoms with Gasteiger partial charge in [-0.3, -0.25) is 9.69 Å². The van der Waals surface area contributed by atoms with E-state index in [2.05, 4.69) is 4.90 Å². The molecule has 0 spiro atoms. The molecule has 1 aromatic carbocycles. The van der Waals surface area contributed by atoms with Crippen LogP contribution in [-0.2, 0) is 11.4 Å². The second-order valence-electron chi connectivity index (χ2n) is 6.87. The molecule has 1 saturated heterocycles. The first-order valence-electron chi connectivity index (χ1n) is 9.06. The van der Waals surface area contributed by atoms with Crippen molar-refractivity contribution in [3.63, 3.8) is 0 Å². The first kappa shape index (κ1) is 17.2. The van der Waals surface area contributed by atoms with E-state index >= 15 is 0 Å². The maximum atomic E-state index is 12.6. The van der Waals surface area contributed by atoms with Crippen molar-refractivity contribution in [2.24, 2.45) is 0 Å². The number of aliphatic hydroxyl groups excluding tert-OH is 1. The topological polar surface area (TPSA) is 53.0 Å². The number of rotatable bonds is 5. The number of ether oxygens (including phenoxy) is 1. The summed E-state index contributed by atoms with van der Waals surface area (Å²) < 4.78 is 5.78. The standard InChI is InChI=1S/C19H28N2O3/c1-15(24-18-8-4-5-16(13-18)14-22)19(23)21-11-9-20(10-12-21)17-6-2-3-7-17/h4-5,8,13,15,17,22H,2-3,6-7,9-12,14H2,1H3. The van der Waals surface area contributed by atoms with Gasteiger partial charge in [0.15, 0.2) is 6.10 Å². The van der Waals surface area contributed by atoms with Crippen molar-refractivity contribution in [2.45, 2.75) is 51.4 Å². The number of nitrogens with zero attached hydrogens (tertiary/aromatic N) is 2. The third-order valence-corrected chi connectivity index (χ3v) is 5.21. The van der Waals surface area contributed by atoms with Crippen LogP contribution in [0.25, 0.3) is 0 Å². The highest BCUT2D eigenvalue weighted by atomic mass is 16.5. The summed E-state index contributed by atoms with van der Waals surface area (Å²) >= 11 is 0. The number of amides is 1. The Bertz CT molecular complexity index is 549. The Morgan fingerprint density at radius 1 is 1.25 bits per heavy atom. The van der Waals surface area contributed by atoms with Gasteiger partial charge >= 0.3 is 0 Å². The first-order chi connectivity index (χ1) is 11.7. The number of hydrogen-bond donors (Lipinski definition) is 1. The van der Waals surface area contributed by atoms with Gasteiger partial charge in [-0.2, -0.15) is 0 Å². The number of aliphatic hydroxyl groups is 1. The van der Waals surface area contributed by atoms with E-state index in [1.165, 1.54) is 25.7 Å². The molecular weight excluding hydrogens is 304 g/mol. The van der Waals surface area contributed by atoms with Crippen LogP contribution >= 0.6 is 0 Å². The van der Waals surface area contributed by atoms with Crippen LogP contribution in [0.2, 0.25) is 0 Å². The van der Waals surface area contributed by atoms with E-state index in [0.29, 0.717) is 5.75 Å². The third kappa shape index (κ3) is 4.08. The van der Waals surface area contributed by atoms with Crippen LogP contribution in [0.1, 0.15) is 38.2 Å². The summed E-state index contributed by atoms with van der Waals surface area (Å²) in [4.78, 5) is 17.1. The molecule has 1 atom stereocenters. The molecule has 0 aromatic heterocycles. The second-order valence-corrected chi connectivity index (χ2v) is 6.87. The van der Waals surface area contributed by atoms with E-state index < -0.39 is 6.10 Å². The summed E-state index contributed by atoms with van der Waals surface area (Å²) in [7, 11) is 0. The van der Waals surface area contributed by atoms with E-state index in [1.807, 2.05) is 23.1 Å². The van der Waals surface area contributed by atoms with Gasteiger partial charge in [0.1, 0.15) is 5.75 Å². The zero-order chi connectivity index (χ0) is 16.9. The molecule has 3 rings (SSSR count). The van der Waals surface area contributed by atoms with E-state index in [0.717, 1.165) is 37.8 Å². The monoisotopic (exact) mass is 332 g/mol. The van der Waals surface area contributed by atoms with Crippen molar-refractivity contribution in [2.75, 3.05) is 26.2 Å². The Kier molecular flexibility index (Phi) is 5.74. The van der Waals surface area contributed by atoms with Gasteiger partial charge in [0, 0.05) is 32.2 Å². The van der Waals surface area contributed by atoms with Gasteiger partial charge < -0.3 is 14.7 Å². The van der Waals surface area contributed by atoms with Crippen LogP contribution in [-0.4, -0.2) is 59.1 Å². The number of piperazine rings is 1. The molecule has 1 aromatic rings. The average molecular weight is 332 g/mol. The average Bonchev–Trinajstić information content (AvgIpc) is 3.16. The number of benzene rings is 1. The van der Waals surface area contributed by atoms with Gasteiger partial charge in [-0.05, 0) is 37.5 Å². The Balaban J connectivity index is 1.50. The van der Waals surface area contributed by atoms with E-state index in [9.17, 15) is 9.90 Å². The molecule has 1 aliphatic heterocycles. The number of carbonyl (C=O) groups excluding carboxylic acids is 1. The number of carbonyl (C=O) groups is 1. The van der Waals surface area contributed by atoms with Gasteiger partial charge in [-0.15, -0.1) is 0 Å². The summed E-state index contributed by atoms with van der Waals surface area (Å²) in [6, 6.07) is 8.00. The molecule has 5 heteroatoms. The minimum absolute atomic E-state index is 0.0251. The quantitative estimate of drug-likeness (QED) is 0.896. The molecular formula is C19H28N2O3. The first-order valence-corrected chi connectivity index (χ1v) is 9.06. The van der Waals surface area contributed by atoms with Gasteiger partial charge in [0.05, 0.1) is 6.61 Å². The highest BCUT2D eigenvalue weighted by Gasteiger charge is 2.30. The molecule has 0 radical (unpaired) electrons. The van der Waals surface area contributed by atoms with Crippen molar-refractivity contribution in [1.29, 1.82) is 0 Å². The minimum atomic E-state index is -0.503. The summed E-state index contributed by atoms with van der Waals surface area (Å²) in [5.74, 6) is 0.683. The fourth-order valence-corrected chi connectivity index (χ4v) is 3.81. The molecule has 1 amide bonds. The summed E-state index contributed by atoms with van der Waals surface area (Å²) in [6.45, 7) is 5.31. The van der Waals surface area contributed by atoms with Crippen LogP contribution in [0.4, 0.5) is 0 Å². The smallest absolute Gasteiger partial charge is 0.263 e. The molecule has 24 heavy (non-hydrogen) atoms. The summed E-state index contributed by atoms with van der Waals surface area (Å²) in [5, 5.41) is 9.19. The Labute approximate surface area is 144 Å². The number of hydrogen-bond acceptors (Lipinski definition) is 4.